The first-order valence-corrected chi connectivity index (χ1v) is 9.86. The molecular weight excluding hydrogens is 383 g/mol. The molecule has 0 aliphatic rings. The summed E-state index contributed by atoms with van der Waals surface area (Å²) in [4.78, 5) is 25.1. The van der Waals surface area contributed by atoms with Crippen molar-refractivity contribution in [2.75, 3.05) is 5.32 Å². The fraction of sp³-hybridized carbons (Fsp3) is 0.368. The molecule has 8 nitrogen and oxygen atoms in total. The molecule has 0 spiro atoms. The highest BCUT2D eigenvalue weighted by atomic mass is 31.1. The van der Waals surface area contributed by atoms with E-state index in [1.807, 2.05) is 45.0 Å². The Bertz CT molecular complexity index is 799. The average Bonchev–Trinajstić information content (AvgIpc) is 2.55. The SMILES string of the molecule is CCCc1ccc(Oc2ccc([N+](=O)[O-])c(NC(C)(C)C)c2)cc1.O=[P+](O)O. The van der Waals surface area contributed by atoms with E-state index >= 15 is 0 Å². The van der Waals surface area contributed by atoms with Crippen molar-refractivity contribution in [2.24, 2.45) is 0 Å². The molecule has 152 valence electrons. The Balaban J connectivity index is 0.000000892. The molecule has 0 saturated heterocycles. The number of aryl methyl sites for hydroxylation is 1. The average molecular weight is 409 g/mol. The van der Waals surface area contributed by atoms with Gasteiger partial charge >= 0.3 is 8.25 Å². The minimum Gasteiger partial charge on any atom is -0.457 e. The number of nitro groups is 1. The molecule has 0 aliphatic carbocycles. The van der Waals surface area contributed by atoms with Gasteiger partial charge in [-0.15, -0.1) is 9.79 Å². The third kappa shape index (κ3) is 8.90. The van der Waals surface area contributed by atoms with E-state index in [-0.39, 0.29) is 11.2 Å². The van der Waals surface area contributed by atoms with Crippen molar-refractivity contribution < 1.29 is 24.0 Å². The van der Waals surface area contributed by atoms with Gasteiger partial charge < -0.3 is 10.1 Å². The van der Waals surface area contributed by atoms with Crippen molar-refractivity contribution in [1.82, 2.24) is 0 Å². The summed E-state index contributed by atoms with van der Waals surface area (Å²) in [7, 11) is -2.87. The first-order valence-electron chi connectivity index (χ1n) is 8.70. The van der Waals surface area contributed by atoms with E-state index in [0.717, 1.165) is 12.8 Å². The number of nitrogens with zero attached hydrogens (tertiary/aromatic N) is 1. The quantitative estimate of drug-likeness (QED) is 0.341. The lowest BCUT2D eigenvalue weighted by Gasteiger charge is -2.22. The number of anilines is 1. The summed E-state index contributed by atoms with van der Waals surface area (Å²) in [6.45, 7) is 8.01. The molecule has 0 saturated carbocycles. The molecule has 0 atom stereocenters. The number of ether oxygens (including phenoxy) is 1. The lowest BCUT2D eigenvalue weighted by Crippen LogP contribution is -2.26. The van der Waals surface area contributed by atoms with Crippen molar-refractivity contribution in [3.8, 4) is 11.5 Å². The maximum absolute atomic E-state index is 11.2. The Morgan fingerprint density at radius 3 is 2.11 bits per heavy atom. The van der Waals surface area contributed by atoms with Gasteiger partial charge in [-0.1, -0.05) is 25.5 Å². The molecule has 28 heavy (non-hydrogen) atoms. The Morgan fingerprint density at radius 2 is 1.64 bits per heavy atom. The number of hydrogen-bond donors (Lipinski definition) is 3. The molecule has 0 fully saturated rings. The highest BCUT2D eigenvalue weighted by molar-refractivity contribution is 7.30. The van der Waals surface area contributed by atoms with Crippen molar-refractivity contribution in [1.29, 1.82) is 0 Å². The third-order valence-electron chi connectivity index (χ3n) is 3.37. The number of nitrogens with one attached hydrogen (secondary N) is 1. The van der Waals surface area contributed by atoms with Crippen LogP contribution in [-0.2, 0) is 11.0 Å². The van der Waals surface area contributed by atoms with Crippen LogP contribution in [0.4, 0.5) is 11.4 Å². The van der Waals surface area contributed by atoms with Crippen LogP contribution in [0.5, 0.6) is 11.5 Å². The summed E-state index contributed by atoms with van der Waals surface area (Å²) in [5.41, 5.74) is 1.47. The van der Waals surface area contributed by atoms with E-state index in [2.05, 4.69) is 12.2 Å². The third-order valence-corrected chi connectivity index (χ3v) is 3.37. The monoisotopic (exact) mass is 409 g/mol. The van der Waals surface area contributed by atoms with Gasteiger partial charge in [-0.25, -0.2) is 0 Å². The Labute approximate surface area is 165 Å². The smallest absolute Gasteiger partial charge is 0.457 e. The van der Waals surface area contributed by atoms with Gasteiger partial charge in [0, 0.05) is 22.2 Å². The van der Waals surface area contributed by atoms with Crippen LogP contribution in [0.15, 0.2) is 42.5 Å². The molecule has 9 heteroatoms. The molecule has 0 unspecified atom stereocenters. The van der Waals surface area contributed by atoms with Crippen LogP contribution in [0.3, 0.4) is 0 Å². The van der Waals surface area contributed by atoms with Gasteiger partial charge in [-0.05, 0) is 51.0 Å². The molecular formula is C19H26N2O6P+. The molecule has 2 aromatic rings. The van der Waals surface area contributed by atoms with Crippen LogP contribution < -0.4 is 10.1 Å². The van der Waals surface area contributed by atoms with E-state index in [1.54, 1.807) is 12.1 Å². The molecule has 0 aliphatic heterocycles. The number of hydrogen-bond acceptors (Lipinski definition) is 5. The molecule has 0 radical (unpaired) electrons. The highest BCUT2D eigenvalue weighted by Crippen LogP contribution is 2.33. The second-order valence-electron chi connectivity index (χ2n) is 7.06. The fourth-order valence-electron chi connectivity index (χ4n) is 2.39. The summed E-state index contributed by atoms with van der Waals surface area (Å²) < 4.78 is 14.5. The van der Waals surface area contributed by atoms with Crippen molar-refractivity contribution >= 4 is 19.6 Å². The fourth-order valence-corrected chi connectivity index (χ4v) is 2.39. The summed E-state index contributed by atoms with van der Waals surface area (Å²) in [6.07, 6.45) is 2.14. The van der Waals surface area contributed by atoms with Crippen molar-refractivity contribution in [3.63, 3.8) is 0 Å². The molecule has 2 rings (SSSR count). The lowest BCUT2D eigenvalue weighted by molar-refractivity contribution is -0.384. The summed E-state index contributed by atoms with van der Waals surface area (Å²) >= 11 is 0. The number of nitro benzene ring substituents is 1. The van der Waals surface area contributed by atoms with Gasteiger partial charge in [0.15, 0.2) is 0 Å². The highest BCUT2D eigenvalue weighted by Gasteiger charge is 2.19. The van der Waals surface area contributed by atoms with E-state index in [4.69, 9.17) is 19.1 Å². The van der Waals surface area contributed by atoms with Gasteiger partial charge in [-0.3, -0.25) is 10.1 Å². The summed E-state index contributed by atoms with van der Waals surface area (Å²) in [6, 6.07) is 12.7. The molecule has 2 aromatic carbocycles. The Morgan fingerprint density at radius 1 is 1.11 bits per heavy atom. The van der Waals surface area contributed by atoms with E-state index in [0.29, 0.717) is 17.2 Å². The zero-order chi connectivity index (χ0) is 21.3. The maximum Gasteiger partial charge on any atom is 0.692 e. The van der Waals surface area contributed by atoms with Gasteiger partial charge in [0.1, 0.15) is 17.2 Å². The van der Waals surface area contributed by atoms with E-state index < -0.39 is 13.2 Å². The van der Waals surface area contributed by atoms with Crippen LogP contribution in [0.2, 0.25) is 0 Å². The second-order valence-corrected chi connectivity index (χ2v) is 7.57. The predicted molar refractivity (Wildman–Crippen MR) is 109 cm³/mol. The largest absolute Gasteiger partial charge is 0.692 e. The molecule has 3 N–H and O–H groups in total. The maximum atomic E-state index is 11.2. The Hall–Kier alpha value is -2.54. The van der Waals surface area contributed by atoms with Gasteiger partial charge in [0.2, 0.25) is 0 Å². The number of rotatable bonds is 6. The van der Waals surface area contributed by atoms with Crippen LogP contribution >= 0.6 is 8.25 Å². The van der Waals surface area contributed by atoms with E-state index in [9.17, 15) is 10.1 Å². The Kier molecular flexibility index (Phi) is 8.99. The normalized spacial score (nSPS) is 10.5. The zero-order valence-corrected chi connectivity index (χ0v) is 17.3. The molecule has 0 bridgehead atoms. The number of benzene rings is 2. The van der Waals surface area contributed by atoms with Gasteiger partial charge in [0.25, 0.3) is 5.69 Å². The summed E-state index contributed by atoms with van der Waals surface area (Å²) in [5.74, 6) is 1.28. The minimum absolute atomic E-state index is 0.0376. The first-order chi connectivity index (χ1) is 13.0. The molecule has 0 aromatic heterocycles. The van der Waals surface area contributed by atoms with Crippen LogP contribution in [0.1, 0.15) is 39.7 Å². The minimum atomic E-state index is -2.87. The van der Waals surface area contributed by atoms with Gasteiger partial charge in [-0.2, -0.15) is 0 Å². The first kappa shape index (κ1) is 23.5. The standard InChI is InChI=1S/C19H24N2O3.HO3P/c1-5-6-14-7-9-15(10-8-14)24-16-11-12-18(21(22)23)17(13-16)20-19(2,3)4;1-4(2)3/h7-13,20H,5-6H2,1-4H3;(H-,1,2,3)/p+1. The van der Waals surface area contributed by atoms with Crippen molar-refractivity contribution in [3.05, 3.63) is 58.1 Å². The topological polar surface area (TPSA) is 122 Å². The predicted octanol–water partition coefficient (Wildman–Crippen LogP) is 5.18. The van der Waals surface area contributed by atoms with Crippen LogP contribution in [0, 0.1) is 10.1 Å². The lowest BCUT2D eigenvalue weighted by atomic mass is 10.1. The van der Waals surface area contributed by atoms with Crippen molar-refractivity contribution in [2.45, 2.75) is 46.1 Å². The van der Waals surface area contributed by atoms with Crippen LogP contribution in [-0.4, -0.2) is 20.2 Å². The summed E-state index contributed by atoms with van der Waals surface area (Å²) in [5, 5.41) is 14.4. The zero-order valence-electron chi connectivity index (χ0n) is 16.4. The molecule has 0 amide bonds. The molecule has 0 heterocycles. The second kappa shape index (κ2) is 10.7. The van der Waals surface area contributed by atoms with Crippen LogP contribution in [0.25, 0.3) is 0 Å². The van der Waals surface area contributed by atoms with E-state index in [1.165, 1.54) is 11.6 Å². The van der Waals surface area contributed by atoms with Gasteiger partial charge in [0.05, 0.1) is 4.92 Å².